The third-order valence-corrected chi connectivity index (χ3v) is 2.90. The predicted molar refractivity (Wildman–Crippen MR) is 77.0 cm³/mol. The third-order valence-electron chi connectivity index (χ3n) is 2.90. The average molecular weight is 293 g/mol. The van der Waals surface area contributed by atoms with E-state index in [1.807, 2.05) is 30.3 Å². The first-order chi connectivity index (χ1) is 10.2. The molecule has 1 aromatic carbocycles. The van der Waals surface area contributed by atoms with Crippen LogP contribution in [-0.2, 0) is 13.1 Å². The van der Waals surface area contributed by atoms with Crippen LogP contribution in [0.15, 0.2) is 47.7 Å². The first-order valence-electron chi connectivity index (χ1n) is 6.49. The smallest absolute Gasteiger partial charge is 0.319 e. The van der Waals surface area contributed by atoms with Crippen molar-refractivity contribution < 1.29 is 8.78 Å². The third kappa shape index (κ3) is 4.27. The van der Waals surface area contributed by atoms with Crippen molar-refractivity contribution in [2.24, 2.45) is 4.99 Å². The summed E-state index contributed by atoms with van der Waals surface area (Å²) in [6, 6.07) is 9.83. The summed E-state index contributed by atoms with van der Waals surface area (Å²) in [5.41, 5.74) is 1.11. The van der Waals surface area contributed by atoms with Gasteiger partial charge in [-0.05, 0) is 5.56 Å². The highest BCUT2D eigenvalue weighted by atomic mass is 19.3. The van der Waals surface area contributed by atoms with E-state index in [0.29, 0.717) is 12.5 Å². The Morgan fingerprint density at radius 2 is 1.95 bits per heavy atom. The van der Waals surface area contributed by atoms with Crippen molar-refractivity contribution in [1.29, 1.82) is 0 Å². The van der Waals surface area contributed by atoms with Crippen molar-refractivity contribution >= 4 is 5.96 Å². The minimum absolute atomic E-state index is 0.172. The standard InChI is InChI=1S/C14H17F2N5/c1-17-14(19-9-11-5-3-2-4-6-11)20-10-12-18-7-8-21(12)13(15)16/h2-8,13H,9-10H2,1H3,(H2,17,19,20). The normalized spacial score (nSPS) is 11.7. The number of benzene rings is 1. The SMILES string of the molecule is CN=C(NCc1ccccc1)NCc1nccn1C(F)F. The van der Waals surface area contributed by atoms with E-state index in [1.165, 1.54) is 12.4 Å². The van der Waals surface area contributed by atoms with Gasteiger partial charge >= 0.3 is 6.55 Å². The maximum absolute atomic E-state index is 12.7. The summed E-state index contributed by atoms with van der Waals surface area (Å²) >= 11 is 0. The van der Waals surface area contributed by atoms with Crippen LogP contribution < -0.4 is 10.6 Å². The molecule has 0 amide bonds. The van der Waals surface area contributed by atoms with Crippen LogP contribution in [0.1, 0.15) is 17.9 Å². The minimum atomic E-state index is -2.59. The number of aromatic nitrogens is 2. The molecule has 0 aliphatic carbocycles. The topological polar surface area (TPSA) is 54.2 Å². The van der Waals surface area contributed by atoms with E-state index >= 15 is 0 Å². The molecule has 1 aromatic heterocycles. The minimum Gasteiger partial charge on any atom is -0.352 e. The molecular formula is C14H17F2N5. The lowest BCUT2D eigenvalue weighted by molar-refractivity contribution is 0.0668. The molecule has 0 aliphatic heterocycles. The van der Waals surface area contributed by atoms with Gasteiger partial charge in [-0.25, -0.2) is 4.98 Å². The van der Waals surface area contributed by atoms with Crippen LogP contribution in [0.25, 0.3) is 0 Å². The number of hydrogen-bond acceptors (Lipinski definition) is 2. The average Bonchev–Trinajstić information content (AvgIpc) is 2.97. The highest BCUT2D eigenvalue weighted by Gasteiger charge is 2.11. The van der Waals surface area contributed by atoms with Gasteiger partial charge in [0.25, 0.3) is 0 Å². The molecule has 0 saturated heterocycles. The fraction of sp³-hybridized carbons (Fsp3) is 0.286. The van der Waals surface area contributed by atoms with Crippen molar-refractivity contribution in [1.82, 2.24) is 20.2 Å². The maximum Gasteiger partial charge on any atom is 0.319 e. The summed E-state index contributed by atoms with van der Waals surface area (Å²) in [5.74, 6) is 0.787. The van der Waals surface area contributed by atoms with Gasteiger partial charge in [-0.3, -0.25) is 9.56 Å². The Morgan fingerprint density at radius 1 is 1.24 bits per heavy atom. The van der Waals surface area contributed by atoms with Gasteiger partial charge in [-0.15, -0.1) is 0 Å². The van der Waals surface area contributed by atoms with Crippen LogP contribution in [0.4, 0.5) is 8.78 Å². The Labute approximate surface area is 121 Å². The number of rotatable bonds is 5. The Balaban J connectivity index is 1.87. The molecule has 2 N–H and O–H groups in total. The second-order valence-electron chi connectivity index (χ2n) is 4.29. The van der Waals surface area contributed by atoms with Crippen molar-refractivity contribution in [2.75, 3.05) is 7.05 Å². The van der Waals surface area contributed by atoms with Crippen LogP contribution in [-0.4, -0.2) is 22.6 Å². The highest BCUT2D eigenvalue weighted by Crippen LogP contribution is 2.11. The van der Waals surface area contributed by atoms with Gasteiger partial charge in [0, 0.05) is 26.0 Å². The molecule has 2 rings (SSSR count). The lowest BCUT2D eigenvalue weighted by Crippen LogP contribution is -2.37. The van der Waals surface area contributed by atoms with Crippen molar-refractivity contribution in [2.45, 2.75) is 19.6 Å². The summed E-state index contributed by atoms with van der Waals surface area (Å²) in [6.07, 6.45) is 2.60. The molecule has 0 radical (unpaired) electrons. The van der Waals surface area contributed by atoms with E-state index in [2.05, 4.69) is 20.6 Å². The molecule has 0 aliphatic rings. The van der Waals surface area contributed by atoms with Crippen LogP contribution in [0.3, 0.4) is 0 Å². The molecule has 0 fully saturated rings. The van der Waals surface area contributed by atoms with Gasteiger partial charge in [0.15, 0.2) is 5.96 Å². The molecule has 0 spiro atoms. The number of nitrogens with zero attached hydrogens (tertiary/aromatic N) is 3. The highest BCUT2D eigenvalue weighted by molar-refractivity contribution is 5.79. The summed E-state index contributed by atoms with van der Waals surface area (Å²) in [7, 11) is 1.62. The zero-order valence-electron chi connectivity index (χ0n) is 11.6. The summed E-state index contributed by atoms with van der Waals surface area (Å²) in [5, 5.41) is 6.07. The van der Waals surface area contributed by atoms with Gasteiger partial charge in [0.05, 0.1) is 6.54 Å². The molecule has 0 unspecified atom stereocenters. The number of alkyl halides is 2. The fourth-order valence-corrected chi connectivity index (χ4v) is 1.82. The first kappa shape index (κ1) is 15.0. The second-order valence-corrected chi connectivity index (χ2v) is 4.29. The summed E-state index contributed by atoms with van der Waals surface area (Å²) < 4.78 is 26.2. The van der Waals surface area contributed by atoms with Crippen LogP contribution in [0.5, 0.6) is 0 Å². The quantitative estimate of drug-likeness (QED) is 0.656. The van der Waals surface area contributed by atoms with E-state index in [4.69, 9.17) is 0 Å². The second kappa shape index (κ2) is 7.37. The Bertz CT molecular complexity index is 580. The number of imidazole rings is 1. The van der Waals surface area contributed by atoms with Gasteiger partial charge in [0.1, 0.15) is 5.82 Å². The molecule has 2 aromatic rings. The van der Waals surface area contributed by atoms with Gasteiger partial charge in [-0.1, -0.05) is 30.3 Å². The summed E-state index contributed by atoms with van der Waals surface area (Å²) in [4.78, 5) is 7.95. The van der Waals surface area contributed by atoms with E-state index in [0.717, 1.165) is 10.1 Å². The Hall–Kier alpha value is -2.44. The van der Waals surface area contributed by atoms with Gasteiger partial charge < -0.3 is 10.6 Å². The Kier molecular flexibility index (Phi) is 5.25. The predicted octanol–water partition coefficient (Wildman–Crippen LogP) is 2.14. The molecule has 21 heavy (non-hydrogen) atoms. The zero-order valence-corrected chi connectivity index (χ0v) is 11.6. The lowest BCUT2D eigenvalue weighted by atomic mass is 10.2. The molecule has 112 valence electrons. The van der Waals surface area contributed by atoms with Crippen molar-refractivity contribution in [3.8, 4) is 0 Å². The number of nitrogens with one attached hydrogen (secondary N) is 2. The molecule has 5 nitrogen and oxygen atoms in total. The molecule has 0 saturated carbocycles. The van der Waals surface area contributed by atoms with Crippen molar-refractivity contribution in [3.05, 3.63) is 54.1 Å². The molecule has 0 bridgehead atoms. The van der Waals surface area contributed by atoms with E-state index in [-0.39, 0.29) is 12.4 Å². The zero-order chi connectivity index (χ0) is 15.1. The lowest BCUT2D eigenvalue weighted by Gasteiger charge is -2.12. The largest absolute Gasteiger partial charge is 0.352 e. The first-order valence-corrected chi connectivity index (χ1v) is 6.49. The molecule has 0 atom stereocenters. The van der Waals surface area contributed by atoms with E-state index in [9.17, 15) is 8.78 Å². The van der Waals surface area contributed by atoms with Gasteiger partial charge in [0.2, 0.25) is 0 Å². The molecule has 1 heterocycles. The Morgan fingerprint density at radius 3 is 2.62 bits per heavy atom. The summed E-state index contributed by atoms with van der Waals surface area (Å²) in [6.45, 7) is -1.82. The van der Waals surface area contributed by atoms with Crippen molar-refractivity contribution in [3.63, 3.8) is 0 Å². The van der Waals surface area contributed by atoms with Crippen LogP contribution >= 0.6 is 0 Å². The monoisotopic (exact) mass is 293 g/mol. The fourth-order valence-electron chi connectivity index (χ4n) is 1.82. The molecule has 7 heteroatoms. The number of halogens is 2. The number of aliphatic imine (C=N–C) groups is 1. The number of hydrogen-bond donors (Lipinski definition) is 2. The van der Waals surface area contributed by atoms with E-state index < -0.39 is 6.55 Å². The number of guanidine groups is 1. The maximum atomic E-state index is 12.7. The van der Waals surface area contributed by atoms with E-state index in [1.54, 1.807) is 7.05 Å². The molecular weight excluding hydrogens is 276 g/mol. The van der Waals surface area contributed by atoms with Crippen LogP contribution in [0, 0.1) is 0 Å². The van der Waals surface area contributed by atoms with Gasteiger partial charge in [-0.2, -0.15) is 8.78 Å². The van der Waals surface area contributed by atoms with Crippen LogP contribution in [0.2, 0.25) is 0 Å².